The third-order valence-corrected chi connectivity index (χ3v) is 3.29. The fraction of sp³-hybridized carbons (Fsp3) is 0.500. The molecule has 0 fully saturated rings. The number of nitrogens with two attached hydrogens (primary N) is 2. The Labute approximate surface area is 126 Å². The van der Waals surface area contributed by atoms with Crippen LogP contribution in [0.4, 0.5) is 0 Å². The van der Waals surface area contributed by atoms with Crippen molar-refractivity contribution in [1.82, 2.24) is 4.90 Å². The van der Waals surface area contributed by atoms with Gasteiger partial charge < -0.3 is 16.4 Å². The van der Waals surface area contributed by atoms with Gasteiger partial charge in [-0.1, -0.05) is 43.7 Å². The Morgan fingerprint density at radius 3 is 2.48 bits per heavy atom. The minimum absolute atomic E-state index is 0.0268. The van der Waals surface area contributed by atoms with Gasteiger partial charge in [-0.3, -0.25) is 9.59 Å². The van der Waals surface area contributed by atoms with Gasteiger partial charge in [0.1, 0.15) is 0 Å². The van der Waals surface area contributed by atoms with Gasteiger partial charge >= 0.3 is 0 Å². The molecule has 0 aliphatic rings. The number of carbonyl (C=O) groups excluding carboxylic acids is 2. The summed E-state index contributed by atoms with van der Waals surface area (Å²) in [6.45, 7) is 2.85. The molecule has 5 heteroatoms. The first kappa shape index (κ1) is 17.2. The topological polar surface area (TPSA) is 89.4 Å². The van der Waals surface area contributed by atoms with E-state index in [-0.39, 0.29) is 18.4 Å². The lowest BCUT2D eigenvalue weighted by atomic mass is 10.1. The van der Waals surface area contributed by atoms with Crippen LogP contribution in [0.25, 0.3) is 0 Å². The minimum atomic E-state index is -0.404. The molecule has 0 heterocycles. The van der Waals surface area contributed by atoms with Crippen LogP contribution >= 0.6 is 0 Å². The van der Waals surface area contributed by atoms with Crippen molar-refractivity contribution in [3.05, 3.63) is 35.9 Å². The zero-order valence-corrected chi connectivity index (χ0v) is 12.6. The summed E-state index contributed by atoms with van der Waals surface area (Å²) in [5.41, 5.74) is 12.1. The van der Waals surface area contributed by atoms with E-state index in [0.717, 1.165) is 18.4 Å². The molecule has 0 saturated carbocycles. The molecular formula is C16H25N3O2. The number of hydrogen-bond acceptors (Lipinski definition) is 3. The molecule has 0 aliphatic carbocycles. The standard InChI is InChI=1S/C16H25N3O2/c1-2-6-14(17)11-16(21)19(10-9-15(18)20)12-13-7-4-3-5-8-13/h3-5,7-8,14H,2,6,9-12,17H2,1H3,(H2,18,20). The van der Waals surface area contributed by atoms with Gasteiger partial charge in [0.25, 0.3) is 0 Å². The van der Waals surface area contributed by atoms with Crippen molar-refractivity contribution in [2.45, 2.75) is 45.2 Å². The first-order valence-electron chi connectivity index (χ1n) is 7.38. The average molecular weight is 291 g/mol. The Hall–Kier alpha value is -1.88. The normalized spacial score (nSPS) is 11.9. The zero-order valence-electron chi connectivity index (χ0n) is 12.6. The van der Waals surface area contributed by atoms with Crippen LogP contribution in [0.5, 0.6) is 0 Å². The second-order valence-electron chi connectivity index (χ2n) is 5.27. The van der Waals surface area contributed by atoms with Crippen molar-refractivity contribution in [3.8, 4) is 0 Å². The van der Waals surface area contributed by atoms with Crippen molar-refractivity contribution in [1.29, 1.82) is 0 Å². The van der Waals surface area contributed by atoms with Gasteiger partial charge in [-0.05, 0) is 12.0 Å². The smallest absolute Gasteiger partial charge is 0.224 e. The van der Waals surface area contributed by atoms with E-state index in [0.29, 0.717) is 19.5 Å². The highest BCUT2D eigenvalue weighted by Crippen LogP contribution is 2.09. The molecule has 4 N–H and O–H groups in total. The van der Waals surface area contributed by atoms with Crippen molar-refractivity contribution in [2.75, 3.05) is 6.54 Å². The van der Waals surface area contributed by atoms with E-state index in [4.69, 9.17) is 11.5 Å². The quantitative estimate of drug-likeness (QED) is 0.721. The lowest BCUT2D eigenvalue weighted by Crippen LogP contribution is -2.37. The van der Waals surface area contributed by atoms with Crippen LogP contribution < -0.4 is 11.5 Å². The second-order valence-corrected chi connectivity index (χ2v) is 5.27. The summed E-state index contributed by atoms with van der Waals surface area (Å²) in [5, 5.41) is 0. The highest BCUT2D eigenvalue weighted by atomic mass is 16.2. The zero-order chi connectivity index (χ0) is 15.7. The molecule has 1 atom stereocenters. The van der Waals surface area contributed by atoms with E-state index in [9.17, 15) is 9.59 Å². The molecular weight excluding hydrogens is 266 g/mol. The molecule has 1 aromatic rings. The van der Waals surface area contributed by atoms with E-state index in [1.165, 1.54) is 0 Å². The Balaban J connectivity index is 2.66. The van der Waals surface area contributed by atoms with Crippen molar-refractivity contribution in [2.24, 2.45) is 11.5 Å². The minimum Gasteiger partial charge on any atom is -0.370 e. The molecule has 0 aromatic heterocycles. The molecule has 1 unspecified atom stereocenters. The molecule has 2 amide bonds. The summed E-state index contributed by atoms with van der Waals surface area (Å²) < 4.78 is 0. The van der Waals surface area contributed by atoms with Gasteiger partial charge in [-0.15, -0.1) is 0 Å². The van der Waals surface area contributed by atoms with Gasteiger partial charge in [0.2, 0.25) is 11.8 Å². The molecule has 1 rings (SSSR count). The first-order chi connectivity index (χ1) is 10.0. The SMILES string of the molecule is CCCC(N)CC(=O)N(CCC(N)=O)Cc1ccccc1. The molecule has 0 radical (unpaired) electrons. The van der Waals surface area contributed by atoms with Crippen LogP contribution in [-0.2, 0) is 16.1 Å². The maximum Gasteiger partial charge on any atom is 0.224 e. The van der Waals surface area contributed by atoms with Crippen LogP contribution in [0.1, 0.15) is 38.2 Å². The molecule has 21 heavy (non-hydrogen) atoms. The number of primary amides is 1. The first-order valence-corrected chi connectivity index (χ1v) is 7.38. The van der Waals surface area contributed by atoms with Gasteiger partial charge in [0.15, 0.2) is 0 Å². The molecule has 0 aliphatic heterocycles. The summed E-state index contributed by atoms with van der Waals surface area (Å²) in [4.78, 5) is 25.0. The summed E-state index contributed by atoms with van der Waals surface area (Å²) in [5.74, 6) is -0.431. The van der Waals surface area contributed by atoms with E-state index in [1.54, 1.807) is 4.90 Å². The Kier molecular flexibility index (Phi) is 7.46. The fourth-order valence-electron chi connectivity index (χ4n) is 2.17. The summed E-state index contributed by atoms with van der Waals surface area (Å²) in [7, 11) is 0. The van der Waals surface area contributed by atoms with Gasteiger partial charge in [-0.25, -0.2) is 0 Å². The van der Waals surface area contributed by atoms with Crippen LogP contribution in [0.15, 0.2) is 30.3 Å². The number of benzene rings is 1. The van der Waals surface area contributed by atoms with E-state index >= 15 is 0 Å². The average Bonchev–Trinajstić information content (AvgIpc) is 2.44. The van der Waals surface area contributed by atoms with E-state index in [2.05, 4.69) is 0 Å². The monoisotopic (exact) mass is 291 g/mol. The lowest BCUT2D eigenvalue weighted by Gasteiger charge is -2.24. The Morgan fingerprint density at radius 2 is 1.90 bits per heavy atom. The molecule has 116 valence electrons. The van der Waals surface area contributed by atoms with Crippen LogP contribution in [-0.4, -0.2) is 29.3 Å². The molecule has 0 bridgehead atoms. The van der Waals surface area contributed by atoms with E-state index < -0.39 is 5.91 Å². The summed E-state index contributed by atoms with van der Waals surface area (Å²) in [6.07, 6.45) is 2.25. The van der Waals surface area contributed by atoms with Crippen LogP contribution in [0.3, 0.4) is 0 Å². The third-order valence-electron chi connectivity index (χ3n) is 3.29. The van der Waals surface area contributed by atoms with Crippen molar-refractivity contribution < 1.29 is 9.59 Å². The molecule has 0 spiro atoms. The van der Waals surface area contributed by atoms with Gasteiger partial charge in [0, 0.05) is 32.0 Å². The molecule has 0 saturated heterocycles. The predicted molar refractivity (Wildman–Crippen MR) is 83.2 cm³/mol. The van der Waals surface area contributed by atoms with Gasteiger partial charge in [-0.2, -0.15) is 0 Å². The number of carbonyl (C=O) groups is 2. The number of amides is 2. The van der Waals surface area contributed by atoms with Gasteiger partial charge in [0.05, 0.1) is 0 Å². The molecule has 1 aromatic carbocycles. The van der Waals surface area contributed by atoms with Crippen molar-refractivity contribution in [3.63, 3.8) is 0 Å². The summed E-state index contributed by atoms with van der Waals surface area (Å²) >= 11 is 0. The van der Waals surface area contributed by atoms with Crippen LogP contribution in [0.2, 0.25) is 0 Å². The van der Waals surface area contributed by atoms with Crippen molar-refractivity contribution >= 4 is 11.8 Å². The lowest BCUT2D eigenvalue weighted by molar-refractivity contribution is -0.132. The maximum absolute atomic E-state index is 12.3. The Morgan fingerprint density at radius 1 is 1.24 bits per heavy atom. The fourth-order valence-corrected chi connectivity index (χ4v) is 2.17. The summed E-state index contributed by atoms with van der Waals surface area (Å²) in [6, 6.07) is 9.56. The number of hydrogen-bond donors (Lipinski definition) is 2. The number of rotatable bonds is 9. The third kappa shape index (κ3) is 6.90. The maximum atomic E-state index is 12.3. The Bertz CT molecular complexity index is 448. The highest BCUT2D eigenvalue weighted by molar-refractivity contribution is 5.78. The largest absolute Gasteiger partial charge is 0.370 e. The highest BCUT2D eigenvalue weighted by Gasteiger charge is 2.17. The van der Waals surface area contributed by atoms with E-state index in [1.807, 2.05) is 37.3 Å². The number of nitrogens with zero attached hydrogens (tertiary/aromatic N) is 1. The van der Waals surface area contributed by atoms with Crippen LogP contribution in [0, 0.1) is 0 Å². The molecule has 5 nitrogen and oxygen atoms in total. The second kappa shape index (κ2) is 9.13. The predicted octanol–water partition coefficient (Wildman–Crippen LogP) is 1.41.